The highest BCUT2D eigenvalue weighted by Crippen LogP contribution is 2.47. The Labute approximate surface area is 348 Å². The molecule has 4 nitrogen and oxygen atoms in total. The van der Waals surface area contributed by atoms with E-state index in [2.05, 4.69) is 210 Å². The molecule has 0 saturated carbocycles. The van der Waals surface area contributed by atoms with Gasteiger partial charge in [-0.3, -0.25) is 4.57 Å². The average Bonchev–Trinajstić information content (AvgIpc) is 3.73. The van der Waals surface area contributed by atoms with E-state index in [1.165, 1.54) is 82.3 Å². The van der Waals surface area contributed by atoms with Crippen LogP contribution in [0.1, 0.15) is 69.4 Å². The van der Waals surface area contributed by atoms with Crippen molar-refractivity contribution in [2.75, 3.05) is 16.5 Å². The van der Waals surface area contributed by atoms with Crippen molar-refractivity contribution in [2.45, 2.75) is 82.9 Å². The van der Waals surface area contributed by atoms with Gasteiger partial charge in [0.25, 0.3) is 0 Å². The van der Waals surface area contributed by atoms with Crippen molar-refractivity contribution in [3.63, 3.8) is 0 Å². The molecule has 1 aliphatic heterocycles. The van der Waals surface area contributed by atoms with Crippen LogP contribution in [0.5, 0.6) is 0 Å². The second-order valence-corrected chi connectivity index (χ2v) is 19.2. The molecule has 0 fully saturated rings. The van der Waals surface area contributed by atoms with Crippen molar-refractivity contribution >= 4 is 56.3 Å². The van der Waals surface area contributed by atoms with E-state index >= 15 is 0 Å². The number of benzene rings is 6. The quantitative estimate of drug-likeness (QED) is 0.168. The molecule has 0 bridgehead atoms. The summed E-state index contributed by atoms with van der Waals surface area (Å²) in [6, 6.07) is 49.7. The molecule has 0 unspecified atom stereocenters. The fourth-order valence-electron chi connectivity index (χ4n) is 8.75. The summed E-state index contributed by atoms with van der Waals surface area (Å²) in [4.78, 5) is 12.3. The predicted molar refractivity (Wildman–Crippen MR) is 248 cm³/mol. The number of nitrogens with zero attached hydrogens (tertiary/aromatic N) is 4. The number of aromatic nitrogens is 2. The minimum Gasteiger partial charge on any atom is -0.321 e. The molecule has 6 aromatic carbocycles. The zero-order valence-electron chi connectivity index (χ0n) is 35.2. The molecule has 3 heterocycles. The summed E-state index contributed by atoms with van der Waals surface area (Å²) >= 11 is 1.81. The summed E-state index contributed by atoms with van der Waals surface area (Å²) in [5.41, 5.74) is 16.3. The lowest BCUT2D eigenvalue weighted by molar-refractivity contribution is 0.590. The first-order valence-electron chi connectivity index (χ1n) is 20.4. The third-order valence-electron chi connectivity index (χ3n) is 11.7. The molecular formula is C53H52N4S. The van der Waals surface area contributed by atoms with Gasteiger partial charge in [-0.05, 0) is 138 Å². The summed E-state index contributed by atoms with van der Waals surface area (Å²) < 4.78 is 2.34. The number of fused-ring (bicyclic) bond motifs is 4. The summed E-state index contributed by atoms with van der Waals surface area (Å²) in [5.74, 6) is 0.923. The fraction of sp³-hybridized carbons (Fsp3) is 0.226. The number of pyridine rings is 1. The van der Waals surface area contributed by atoms with Crippen molar-refractivity contribution in [1.29, 1.82) is 0 Å². The zero-order chi connectivity index (χ0) is 40.5. The smallest absolute Gasteiger partial charge is 0.138 e. The van der Waals surface area contributed by atoms with Crippen LogP contribution in [0.15, 0.2) is 149 Å². The summed E-state index contributed by atoms with van der Waals surface area (Å²) in [6.45, 7) is 21.1. The second-order valence-electron chi connectivity index (χ2n) is 18.1. The maximum Gasteiger partial charge on any atom is 0.138 e. The van der Waals surface area contributed by atoms with E-state index in [0.29, 0.717) is 0 Å². The molecule has 0 N–H and O–H groups in total. The lowest BCUT2D eigenvalue weighted by Gasteiger charge is -2.26. The van der Waals surface area contributed by atoms with E-state index in [4.69, 9.17) is 4.98 Å². The van der Waals surface area contributed by atoms with Crippen LogP contribution in [-0.4, -0.2) is 16.2 Å². The Bertz CT molecular complexity index is 2850. The van der Waals surface area contributed by atoms with E-state index in [1.807, 2.05) is 18.0 Å². The first kappa shape index (κ1) is 37.8. The lowest BCUT2D eigenvalue weighted by atomic mass is 9.86. The maximum atomic E-state index is 4.98. The highest BCUT2D eigenvalue weighted by atomic mass is 32.2. The number of aryl methyl sites for hydroxylation is 3. The van der Waals surface area contributed by atoms with Crippen molar-refractivity contribution in [2.24, 2.45) is 0 Å². The van der Waals surface area contributed by atoms with Gasteiger partial charge in [0, 0.05) is 38.1 Å². The van der Waals surface area contributed by atoms with Crippen LogP contribution in [0, 0.1) is 20.8 Å². The van der Waals surface area contributed by atoms with Crippen LogP contribution in [0.25, 0.3) is 38.8 Å². The van der Waals surface area contributed by atoms with Gasteiger partial charge in [-0.25, -0.2) is 4.98 Å². The van der Waals surface area contributed by atoms with Gasteiger partial charge in [-0.1, -0.05) is 120 Å². The van der Waals surface area contributed by atoms with Gasteiger partial charge in [0.1, 0.15) is 12.5 Å². The topological polar surface area (TPSA) is 24.3 Å². The normalized spacial score (nSPS) is 13.2. The number of anilines is 4. The molecule has 5 heteroatoms. The first-order chi connectivity index (χ1) is 27.7. The number of hydrogen-bond acceptors (Lipinski definition) is 4. The Kier molecular flexibility index (Phi) is 9.28. The first-order valence-corrected chi connectivity index (χ1v) is 21.2. The fourth-order valence-corrected chi connectivity index (χ4v) is 9.66. The molecule has 0 spiro atoms. The maximum absolute atomic E-state index is 4.98. The predicted octanol–water partition coefficient (Wildman–Crippen LogP) is 14.8. The minimum absolute atomic E-state index is 0.0444. The number of para-hydroxylation sites is 1. The van der Waals surface area contributed by atoms with Crippen molar-refractivity contribution < 1.29 is 0 Å². The molecule has 290 valence electrons. The Balaban J connectivity index is 1.09. The third-order valence-corrected chi connectivity index (χ3v) is 12.7. The van der Waals surface area contributed by atoms with E-state index < -0.39 is 0 Å². The standard InChI is InChI=1S/C53H52N4S/c1-34-26-35(2)51(36(3)27-34)37-24-25-54-50(28-37)57-46-19-11-10-18-44(46)45-22-21-43(32-48(45)57)58-42-17-13-16-41(31-42)55-33-56(40-15-12-14-38(29-40)52(4,5)6)49-30-39(53(7,8)9)20-23-47(49)55/h10-32H,33H2,1-9H3. The molecule has 1 aliphatic rings. The van der Waals surface area contributed by atoms with Gasteiger partial charge >= 0.3 is 0 Å². The van der Waals surface area contributed by atoms with Crippen LogP contribution in [0.4, 0.5) is 22.7 Å². The lowest BCUT2D eigenvalue weighted by Crippen LogP contribution is -2.24. The molecule has 0 radical (unpaired) electrons. The molecule has 8 aromatic rings. The van der Waals surface area contributed by atoms with Gasteiger partial charge in [0.2, 0.25) is 0 Å². The molecule has 58 heavy (non-hydrogen) atoms. The van der Waals surface area contributed by atoms with Crippen molar-refractivity contribution in [3.05, 3.63) is 167 Å². The van der Waals surface area contributed by atoms with E-state index in [1.54, 1.807) is 0 Å². The molecule has 2 aromatic heterocycles. The molecule has 0 amide bonds. The van der Waals surface area contributed by atoms with E-state index in [9.17, 15) is 0 Å². The van der Waals surface area contributed by atoms with Gasteiger partial charge in [0.15, 0.2) is 0 Å². The zero-order valence-corrected chi connectivity index (χ0v) is 36.0. The van der Waals surface area contributed by atoms with Crippen LogP contribution < -0.4 is 9.80 Å². The molecule has 0 saturated heterocycles. The molecule has 9 rings (SSSR count). The van der Waals surface area contributed by atoms with Crippen LogP contribution in [0.2, 0.25) is 0 Å². The third kappa shape index (κ3) is 6.86. The molecular weight excluding hydrogens is 725 g/mol. The van der Waals surface area contributed by atoms with Crippen LogP contribution >= 0.6 is 11.8 Å². The summed E-state index contributed by atoms with van der Waals surface area (Å²) in [7, 11) is 0. The summed E-state index contributed by atoms with van der Waals surface area (Å²) in [5, 5.41) is 2.45. The van der Waals surface area contributed by atoms with Gasteiger partial charge in [0.05, 0.1) is 22.4 Å². The second kappa shape index (κ2) is 14.2. The Morgan fingerprint density at radius 2 is 1.19 bits per heavy atom. The van der Waals surface area contributed by atoms with Gasteiger partial charge in [-0.2, -0.15) is 0 Å². The average molecular weight is 777 g/mol. The van der Waals surface area contributed by atoms with E-state index in [0.717, 1.165) is 23.5 Å². The highest BCUT2D eigenvalue weighted by Gasteiger charge is 2.31. The number of rotatable bonds is 6. The van der Waals surface area contributed by atoms with Crippen LogP contribution in [0.3, 0.4) is 0 Å². The van der Waals surface area contributed by atoms with Gasteiger partial charge in [-0.15, -0.1) is 0 Å². The SMILES string of the molecule is Cc1cc(C)c(-c2ccnc(-n3c4ccccc4c4ccc(Sc5cccc(N6CN(c7cccc(C(C)(C)C)c7)c7cc(C(C)(C)C)ccc76)c5)cc43)c2)c(C)c1. The molecule has 0 atom stereocenters. The van der Waals surface area contributed by atoms with Crippen LogP contribution in [-0.2, 0) is 10.8 Å². The van der Waals surface area contributed by atoms with Crippen molar-refractivity contribution in [1.82, 2.24) is 9.55 Å². The molecule has 0 aliphatic carbocycles. The number of hydrogen-bond donors (Lipinski definition) is 0. The Morgan fingerprint density at radius 1 is 0.534 bits per heavy atom. The van der Waals surface area contributed by atoms with E-state index in [-0.39, 0.29) is 10.8 Å². The monoisotopic (exact) mass is 776 g/mol. The van der Waals surface area contributed by atoms with Crippen molar-refractivity contribution in [3.8, 4) is 16.9 Å². The largest absolute Gasteiger partial charge is 0.321 e. The highest BCUT2D eigenvalue weighted by molar-refractivity contribution is 7.99. The minimum atomic E-state index is 0.0444. The Hall–Kier alpha value is -5.78. The summed E-state index contributed by atoms with van der Waals surface area (Å²) in [6.07, 6.45) is 1.96. The van der Waals surface area contributed by atoms with Gasteiger partial charge < -0.3 is 9.80 Å². The Morgan fingerprint density at radius 3 is 1.95 bits per heavy atom.